The molecule has 0 atom stereocenters. The largest absolute Gasteiger partial charge is 0.324 e. The SMILES string of the molecule is Cc1ccc(F)c(NC(=O)CCn2cc(C)cn2)c1. The maximum atomic E-state index is 13.5. The lowest BCUT2D eigenvalue weighted by molar-refractivity contribution is -0.116. The molecule has 0 aliphatic heterocycles. The fourth-order valence-corrected chi connectivity index (χ4v) is 1.75. The topological polar surface area (TPSA) is 46.9 Å². The highest BCUT2D eigenvalue weighted by Crippen LogP contribution is 2.15. The summed E-state index contributed by atoms with van der Waals surface area (Å²) in [5.74, 6) is -0.647. The molecule has 0 bridgehead atoms. The quantitative estimate of drug-likeness (QED) is 0.919. The van der Waals surface area contributed by atoms with Crippen molar-refractivity contribution in [2.75, 3.05) is 5.32 Å². The molecule has 0 spiro atoms. The standard InChI is InChI=1S/C14H16FN3O/c1-10-3-4-12(15)13(7-10)17-14(19)5-6-18-9-11(2)8-16-18/h3-4,7-9H,5-6H2,1-2H3,(H,17,19). The van der Waals surface area contributed by atoms with Gasteiger partial charge in [-0.1, -0.05) is 6.07 Å². The van der Waals surface area contributed by atoms with E-state index in [0.29, 0.717) is 6.54 Å². The third kappa shape index (κ3) is 3.64. The lowest BCUT2D eigenvalue weighted by Gasteiger charge is -2.07. The van der Waals surface area contributed by atoms with E-state index in [1.54, 1.807) is 23.0 Å². The van der Waals surface area contributed by atoms with Gasteiger partial charge in [0.15, 0.2) is 0 Å². The number of anilines is 1. The van der Waals surface area contributed by atoms with E-state index in [0.717, 1.165) is 11.1 Å². The summed E-state index contributed by atoms with van der Waals surface area (Å²) in [7, 11) is 0. The molecule has 0 aliphatic carbocycles. The molecule has 0 radical (unpaired) electrons. The third-order valence-electron chi connectivity index (χ3n) is 2.73. The maximum Gasteiger partial charge on any atom is 0.226 e. The lowest BCUT2D eigenvalue weighted by atomic mass is 10.2. The van der Waals surface area contributed by atoms with Crippen molar-refractivity contribution in [3.8, 4) is 0 Å². The van der Waals surface area contributed by atoms with Crippen LogP contribution in [0.5, 0.6) is 0 Å². The molecule has 4 nitrogen and oxygen atoms in total. The second-order valence-corrected chi connectivity index (χ2v) is 4.56. The molecule has 1 amide bonds. The summed E-state index contributed by atoms with van der Waals surface area (Å²) in [6.45, 7) is 4.26. The zero-order valence-electron chi connectivity index (χ0n) is 11.0. The minimum absolute atomic E-state index is 0.224. The lowest BCUT2D eigenvalue weighted by Crippen LogP contribution is -2.15. The molecule has 5 heteroatoms. The molecule has 1 aromatic heterocycles. The molecule has 0 unspecified atom stereocenters. The number of carbonyl (C=O) groups is 1. The Morgan fingerprint density at radius 2 is 2.16 bits per heavy atom. The zero-order valence-corrected chi connectivity index (χ0v) is 11.0. The number of nitrogens with one attached hydrogen (secondary N) is 1. The van der Waals surface area contributed by atoms with E-state index in [-0.39, 0.29) is 18.0 Å². The van der Waals surface area contributed by atoms with Gasteiger partial charge in [0.2, 0.25) is 5.91 Å². The van der Waals surface area contributed by atoms with Crippen LogP contribution in [0.4, 0.5) is 10.1 Å². The fraction of sp³-hybridized carbons (Fsp3) is 0.286. The van der Waals surface area contributed by atoms with E-state index in [2.05, 4.69) is 10.4 Å². The summed E-state index contributed by atoms with van der Waals surface area (Å²) in [4.78, 5) is 11.7. The Kier molecular flexibility index (Phi) is 3.94. The molecule has 0 fully saturated rings. The van der Waals surface area contributed by atoms with Gasteiger partial charge in [0.1, 0.15) is 5.82 Å². The average molecular weight is 261 g/mol. The molecular formula is C14H16FN3O. The Hall–Kier alpha value is -2.17. The van der Waals surface area contributed by atoms with E-state index in [1.807, 2.05) is 20.0 Å². The van der Waals surface area contributed by atoms with Crippen molar-refractivity contribution >= 4 is 11.6 Å². The zero-order chi connectivity index (χ0) is 13.8. The van der Waals surface area contributed by atoms with Gasteiger partial charge in [-0.25, -0.2) is 4.39 Å². The molecule has 1 heterocycles. The smallest absolute Gasteiger partial charge is 0.226 e. The van der Waals surface area contributed by atoms with Gasteiger partial charge < -0.3 is 5.32 Å². The molecule has 2 rings (SSSR count). The summed E-state index contributed by atoms with van der Waals surface area (Å²) in [6.07, 6.45) is 3.85. The van der Waals surface area contributed by atoms with Crippen molar-refractivity contribution < 1.29 is 9.18 Å². The molecule has 0 aliphatic rings. The van der Waals surface area contributed by atoms with Gasteiger partial charge in [0.05, 0.1) is 11.9 Å². The molecule has 19 heavy (non-hydrogen) atoms. The predicted octanol–water partition coefficient (Wildman–Crippen LogP) is 2.67. The second-order valence-electron chi connectivity index (χ2n) is 4.56. The highest BCUT2D eigenvalue weighted by atomic mass is 19.1. The Morgan fingerprint density at radius 3 is 2.84 bits per heavy atom. The number of nitrogens with zero attached hydrogens (tertiary/aromatic N) is 2. The van der Waals surface area contributed by atoms with Crippen LogP contribution in [0, 0.1) is 19.7 Å². The number of hydrogen-bond acceptors (Lipinski definition) is 2. The maximum absolute atomic E-state index is 13.5. The first kappa shape index (κ1) is 13.3. The van der Waals surface area contributed by atoms with E-state index in [4.69, 9.17) is 0 Å². The number of halogens is 1. The summed E-state index contributed by atoms with van der Waals surface area (Å²) in [6, 6.07) is 4.63. The summed E-state index contributed by atoms with van der Waals surface area (Å²) in [5, 5.41) is 6.66. The van der Waals surface area contributed by atoms with Crippen molar-refractivity contribution in [3.63, 3.8) is 0 Å². The van der Waals surface area contributed by atoms with Crippen LogP contribution in [0.1, 0.15) is 17.5 Å². The monoisotopic (exact) mass is 261 g/mol. The van der Waals surface area contributed by atoms with E-state index < -0.39 is 5.82 Å². The molecule has 0 saturated heterocycles. The predicted molar refractivity (Wildman–Crippen MR) is 71.3 cm³/mol. The normalized spacial score (nSPS) is 10.5. The van der Waals surface area contributed by atoms with Gasteiger partial charge in [-0.3, -0.25) is 9.48 Å². The van der Waals surface area contributed by atoms with Crippen LogP contribution in [-0.2, 0) is 11.3 Å². The first-order valence-electron chi connectivity index (χ1n) is 6.09. The van der Waals surface area contributed by atoms with Gasteiger partial charge in [0, 0.05) is 19.2 Å². The number of hydrogen-bond donors (Lipinski definition) is 1. The van der Waals surface area contributed by atoms with E-state index >= 15 is 0 Å². The van der Waals surface area contributed by atoms with Gasteiger partial charge in [0.25, 0.3) is 0 Å². The Labute approximate surface area is 111 Å². The first-order chi connectivity index (χ1) is 9.04. The molecule has 0 saturated carbocycles. The highest BCUT2D eigenvalue weighted by molar-refractivity contribution is 5.90. The first-order valence-corrected chi connectivity index (χ1v) is 6.09. The Balaban J connectivity index is 1.92. The summed E-state index contributed by atoms with van der Waals surface area (Å²) < 4.78 is 15.2. The van der Waals surface area contributed by atoms with Crippen LogP contribution in [0.25, 0.3) is 0 Å². The molecular weight excluding hydrogens is 245 g/mol. The summed E-state index contributed by atoms with van der Waals surface area (Å²) in [5.41, 5.74) is 2.17. The minimum Gasteiger partial charge on any atom is -0.324 e. The van der Waals surface area contributed by atoms with Crippen molar-refractivity contribution in [3.05, 3.63) is 47.5 Å². The van der Waals surface area contributed by atoms with Crippen LogP contribution in [0.15, 0.2) is 30.6 Å². The minimum atomic E-state index is -0.422. The van der Waals surface area contributed by atoms with Crippen LogP contribution in [0.3, 0.4) is 0 Å². The summed E-state index contributed by atoms with van der Waals surface area (Å²) >= 11 is 0. The van der Waals surface area contributed by atoms with Crippen LogP contribution in [0.2, 0.25) is 0 Å². The van der Waals surface area contributed by atoms with Crippen LogP contribution < -0.4 is 5.32 Å². The van der Waals surface area contributed by atoms with Gasteiger partial charge >= 0.3 is 0 Å². The number of benzene rings is 1. The van der Waals surface area contributed by atoms with E-state index in [1.165, 1.54) is 6.07 Å². The van der Waals surface area contributed by atoms with Crippen molar-refractivity contribution in [2.24, 2.45) is 0 Å². The number of carbonyl (C=O) groups excluding carboxylic acids is 1. The van der Waals surface area contributed by atoms with Crippen LogP contribution in [-0.4, -0.2) is 15.7 Å². The van der Waals surface area contributed by atoms with Crippen molar-refractivity contribution in [1.29, 1.82) is 0 Å². The van der Waals surface area contributed by atoms with Gasteiger partial charge in [-0.2, -0.15) is 5.10 Å². The fourth-order valence-electron chi connectivity index (χ4n) is 1.75. The molecule has 1 N–H and O–H groups in total. The van der Waals surface area contributed by atoms with Crippen molar-refractivity contribution in [1.82, 2.24) is 9.78 Å². The Bertz CT molecular complexity index is 592. The molecule has 100 valence electrons. The number of amides is 1. The number of aryl methyl sites for hydroxylation is 3. The van der Waals surface area contributed by atoms with Gasteiger partial charge in [-0.15, -0.1) is 0 Å². The third-order valence-corrected chi connectivity index (χ3v) is 2.73. The van der Waals surface area contributed by atoms with Gasteiger partial charge in [-0.05, 0) is 37.1 Å². The van der Waals surface area contributed by atoms with Crippen molar-refractivity contribution in [2.45, 2.75) is 26.8 Å². The number of aromatic nitrogens is 2. The molecule has 1 aromatic carbocycles. The molecule has 2 aromatic rings. The second kappa shape index (κ2) is 5.65. The Morgan fingerprint density at radius 1 is 1.37 bits per heavy atom. The average Bonchev–Trinajstić information content (AvgIpc) is 2.77. The van der Waals surface area contributed by atoms with Crippen LogP contribution >= 0.6 is 0 Å². The highest BCUT2D eigenvalue weighted by Gasteiger charge is 2.07. The number of rotatable bonds is 4. The van der Waals surface area contributed by atoms with E-state index in [9.17, 15) is 9.18 Å².